The summed E-state index contributed by atoms with van der Waals surface area (Å²) >= 11 is 0. The van der Waals surface area contributed by atoms with E-state index in [-0.39, 0.29) is 60.5 Å². The van der Waals surface area contributed by atoms with E-state index < -0.39 is 24.8 Å². The lowest BCUT2D eigenvalue weighted by atomic mass is 10.0. The standard InChI is InChI=1S/C21H20F4N6O4/c1-30-8-12(19(29-30)35-21(24)25)13-11-3-2-4-26-18(11)27-15(13)14-16(17(22)23)28-31-7-10(33-6-5-32)9-34-20(14)31/h2-4,8,10,17,21,32H,5-7,9H2,1H3,(H,26,27)/t10-/m0/s1. The van der Waals surface area contributed by atoms with Crippen molar-refractivity contribution in [3.05, 3.63) is 30.2 Å². The summed E-state index contributed by atoms with van der Waals surface area (Å²) in [6.07, 6.45) is -0.510. The third-order valence-corrected chi connectivity index (χ3v) is 5.45. The highest BCUT2D eigenvalue weighted by atomic mass is 19.3. The van der Waals surface area contributed by atoms with Gasteiger partial charge in [0.05, 0.1) is 36.6 Å². The minimum absolute atomic E-state index is 0.0274. The third-order valence-electron chi connectivity index (χ3n) is 5.45. The molecule has 1 aliphatic heterocycles. The SMILES string of the molecule is Cn1cc(-c2c(-c3c(C(F)F)nn4c3OC[C@@H](OCCO)C4)[nH]c3ncccc23)c(OC(F)F)n1. The minimum atomic E-state index is -3.14. The van der Waals surface area contributed by atoms with Crippen LogP contribution in [-0.4, -0.2) is 67.2 Å². The van der Waals surface area contributed by atoms with Gasteiger partial charge in [0.1, 0.15) is 24.1 Å². The Bertz CT molecular complexity index is 1350. The zero-order valence-corrected chi connectivity index (χ0v) is 18.3. The van der Waals surface area contributed by atoms with E-state index in [9.17, 15) is 17.6 Å². The van der Waals surface area contributed by atoms with Gasteiger partial charge in [0.2, 0.25) is 11.8 Å². The molecule has 1 atom stereocenters. The Balaban J connectivity index is 1.72. The Morgan fingerprint density at radius 1 is 1.26 bits per heavy atom. The van der Waals surface area contributed by atoms with Gasteiger partial charge in [0.15, 0.2) is 0 Å². The zero-order valence-electron chi connectivity index (χ0n) is 18.3. The van der Waals surface area contributed by atoms with E-state index in [0.717, 1.165) is 0 Å². The Morgan fingerprint density at radius 2 is 2.09 bits per heavy atom. The summed E-state index contributed by atoms with van der Waals surface area (Å²) in [7, 11) is 1.52. The van der Waals surface area contributed by atoms with Crippen LogP contribution in [0.25, 0.3) is 33.4 Å². The summed E-state index contributed by atoms with van der Waals surface area (Å²) in [6.45, 7) is -3.12. The number of aryl methyl sites for hydroxylation is 1. The molecule has 0 bridgehead atoms. The van der Waals surface area contributed by atoms with E-state index in [1.54, 1.807) is 12.1 Å². The van der Waals surface area contributed by atoms with Crippen LogP contribution in [0.3, 0.4) is 0 Å². The lowest BCUT2D eigenvalue weighted by molar-refractivity contribution is -0.0527. The number of nitrogens with one attached hydrogen (secondary N) is 1. The molecule has 5 heterocycles. The van der Waals surface area contributed by atoms with Gasteiger partial charge in [0, 0.05) is 30.4 Å². The summed E-state index contributed by atoms with van der Waals surface area (Å²) < 4.78 is 73.0. The number of fused-ring (bicyclic) bond motifs is 2. The van der Waals surface area contributed by atoms with Crippen LogP contribution in [-0.2, 0) is 18.3 Å². The van der Waals surface area contributed by atoms with Gasteiger partial charge in [-0.2, -0.15) is 13.9 Å². The number of hydrogen-bond acceptors (Lipinski definition) is 7. The second kappa shape index (κ2) is 9.19. The second-order valence-electron chi connectivity index (χ2n) is 7.75. The van der Waals surface area contributed by atoms with Gasteiger partial charge in [-0.05, 0) is 12.1 Å². The largest absolute Gasteiger partial charge is 0.474 e. The molecular formula is C21H20F4N6O4. The van der Waals surface area contributed by atoms with Crippen molar-refractivity contribution in [2.75, 3.05) is 19.8 Å². The van der Waals surface area contributed by atoms with E-state index in [2.05, 4.69) is 24.9 Å². The number of aromatic nitrogens is 6. The Kier molecular flexibility index (Phi) is 6.06. The van der Waals surface area contributed by atoms with Gasteiger partial charge >= 0.3 is 6.61 Å². The van der Waals surface area contributed by atoms with Crippen LogP contribution in [0.5, 0.6) is 11.8 Å². The van der Waals surface area contributed by atoms with Gasteiger partial charge in [-0.25, -0.2) is 18.4 Å². The normalized spacial score (nSPS) is 15.7. The topological polar surface area (TPSA) is 112 Å². The number of alkyl halides is 4. The van der Waals surface area contributed by atoms with Gasteiger partial charge < -0.3 is 24.3 Å². The van der Waals surface area contributed by atoms with E-state index in [1.807, 2.05) is 0 Å². The highest BCUT2D eigenvalue weighted by Crippen LogP contribution is 2.47. The number of aliphatic hydroxyl groups excluding tert-OH is 1. The number of aromatic amines is 1. The summed E-state index contributed by atoms with van der Waals surface area (Å²) in [5.41, 5.74) is 0.344. The van der Waals surface area contributed by atoms with Crippen LogP contribution in [0, 0.1) is 0 Å². The molecule has 0 radical (unpaired) electrons. The number of nitrogens with zero attached hydrogens (tertiary/aromatic N) is 5. The first-order valence-corrected chi connectivity index (χ1v) is 10.6. The predicted molar refractivity (Wildman–Crippen MR) is 113 cm³/mol. The minimum Gasteiger partial charge on any atom is -0.474 e. The second-order valence-corrected chi connectivity index (χ2v) is 7.75. The van der Waals surface area contributed by atoms with Crippen LogP contribution in [0.2, 0.25) is 0 Å². The molecule has 35 heavy (non-hydrogen) atoms. The lowest BCUT2D eigenvalue weighted by Crippen LogP contribution is -2.33. The summed E-state index contributed by atoms with van der Waals surface area (Å²) in [4.78, 5) is 7.28. The number of ether oxygens (including phenoxy) is 3. The maximum Gasteiger partial charge on any atom is 0.388 e. The third kappa shape index (κ3) is 4.18. The molecule has 2 N–H and O–H groups in total. The molecule has 0 saturated carbocycles. The van der Waals surface area contributed by atoms with Crippen molar-refractivity contribution in [3.63, 3.8) is 0 Å². The van der Waals surface area contributed by atoms with E-state index in [1.165, 1.54) is 28.8 Å². The lowest BCUT2D eigenvalue weighted by Gasteiger charge is -2.24. The van der Waals surface area contributed by atoms with E-state index in [0.29, 0.717) is 11.0 Å². The van der Waals surface area contributed by atoms with Crippen LogP contribution < -0.4 is 9.47 Å². The van der Waals surface area contributed by atoms with Crippen LogP contribution in [0.4, 0.5) is 17.6 Å². The molecule has 0 spiro atoms. The Labute approximate surface area is 195 Å². The van der Waals surface area contributed by atoms with Gasteiger partial charge in [0.25, 0.3) is 6.43 Å². The highest BCUT2D eigenvalue weighted by Gasteiger charge is 2.35. The fourth-order valence-corrected chi connectivity index (χ4v) is 4.16. The van der Waals surface area contributed by atoms with Crippen LogP contribution >= 0.6 is 0 Å². The first-order chi connectivity index (χ1) is 16.9. The number of rotatable bonds is 8. The quantitative estimate of drug-likeness (QED) is 0.361. The van der Waals surface area contributed by atoms with Gasteiger partial charge in [-0.3, -0.25) is 4.68 Å². The zero-order chi connectivity index (χ0) is 24.7. The summed E-state index contributed by atoms with van der Waals surface area (Å²) in [6, 6.07) is 3.31. The van der Waals surface area contributed by atoms with Crippen LogP contribution in [0.1, 0.15) is 12.1 Å². The van der Waals surface area contributed by atoms with E-state index in [4.69, 9.17) is 14.6 Å². The van der Waals surface area contributed by atoms with Crippen molar-refractivity contribution in [2.45, 2.75) is 25.7 Å². The summed E-state index contributed by atoms with van der Waals surface area (Å²) in [5.74, 6) is -0.302. The predicted octanol–water partition coefficient (Wildman–Crippen LogP) is 3.14. The molecule has 10 nitrogen and oxygen atoms in total. The molecule has 4 aromatic rings. The first kappa shape index (κ1) is 23.1. The fraction of sp³-hybridized carbons (Fsp3) is 0.381. The smallest absolute Gasteiger partial charge is 0.388 e. The number of H-pyrrole nitrogens is 1. The van der Waals surface area contributed by atoms with Crippen molar-refractivity contribution >= 4 is 11.0 Å². The van der Waals surface area contributed by atoms with Crippen molar-refractivity contribution in [1.29, 1.82) is 0 Å². The molecule has 4 aromatic heterocycles. The molecule has 0 aliphatic carbocycles. The molecule has 14 heteroatoms. The summed E-state index contributed by atoms with van der Waals surface area (Å²) in [5, 5.41) is 17.5. The van der Waals surface area contributed by atoms with Crippen molar-refractivity contribution < 1.29 is 36.9 Å². The number of hydrogen-bond donors (Lipinski definition) is 2. The monoisotopic (exact) mass is 496 g/mol. The molecule has 0 aromatic carbocycles. The number of aliphatic hydroxyl groups is 1. The molecular weight excluding hydrogens is 476 g/mol. The van der Waals surface area contributed by atoms with Crippen LogP contribution in [0.15, 0.2) is 24.5 Å². The molecule has 5 rings (SSSR count). The molecule has 0 amide bonds. The molecule has 1 aliphatic rings. The maximum absolute atomic E-state index is 14.2. The Hall–Kier alpha value is -3.65. The molecule has 0 unspecified atom stereocenters. The number of halogens is 4. The van der Waals surface area contributed by atoms with Crippen molar-refractivity contribution in [2.24, 2.45) is 7.05 Å². The van der Waals surface area contributed by atoms with E-state index >= 15 is 0 Å². The average molecular weight is 496 g/mol. The average Bonchev–Trinajstić information content (AvgIpc) is 3.49. The fourth-order valence-electron chi connectivity index (χ4n) is 4.16. The highest BCUT2D eigenvalue weighted by molar-refractivity contribution is 6.04. The molecule has 0 saturated heterocycles. The van der Waals surface area contributed by atoms with Gasteiger partial charge in [-0.1, -0.05) is 0 Å². The van der Waals surface area contributed by atoms with Gasteiger partial charge in [-0.15, -0.1) is 5.10 Å². The van der Waals surface area contributed by atoms with Crippen molar-refractivity contribution in [1.82, 2.24) is 29.5 Å². The first-order valence-electron chi connectivity index (χ1n) is 10.6. The van der Waals surface area contributed by atoms with Crippen molar-refractivity contribution in [3.8, 4) is 34.1 Å². The maximum atomic E-state index is 14.2. The molecule has 0 fully saturated rings. The number of pyridine rings is 1. The molecule has 186 valence electrons. The Morgan fingerprint density at radius 3 is 2.83 bits per heavy atom.